The average molecular weight is 237 g/mol. The number of pyridine rings is 1. The van der Waals surface area contributed by atoms with Crippen LogP contribution >= 0.6 is 0 Å². The highest BCUT2D eigenvalue weighted by molar-refractivity contribution is 5.98. The summed E-state index contributed by atoms with van der Waals surface area (Å²) >= 11 is 0. The van der Waals surface area contributed by atoms with Gasteiger partial charge in [-0.25, -0.2) is 9.37 Å². The number of nitrogens with one attached hydrogen (secondary N) is 2. The predicted molar refractivity (Wildman–Crippen MR) is 63.4 cm³/mol. The minimum atomic E-state index is -0.502. The molecule has 1 aromatic heterocycles. The maximum atomic E-state index is 13.0. The minimum absolute atomic E-state index is 0.256. The third-order valence-corrected chi connectivity index (χ3v) is 3.11. The lowest BCUT2D eigenvalue weighted by Gasteiger charge is -2.25. The van der Waals surface area contributed by atoms with Crippen molar-refractivity contribution >= 4 is 11.7 Å². The molecule has 2 rings (SSSR count). The Morgan fingerprint density at radius 2 is 2.35 bits per heavy atom. The van der Waals surface area contributed by atoms with E-state index >= 15 is 0 Å². The predicted octanol–water partition coefficient (Wildman–Crippen LogP) is 1.79. The topological polar surface area (TPSA) is 54.0 Å². The Morgan fingerprint density at radius 3 is 2.94 bits per heavy atom. The van der Waals surface area contributed by atoms with E-state index in [9.17, 15) is 9.18 Å². The van der Waals surface area contributed by atoms with Gasteiger partial charge in [-0.1, -0.05) is 6.42 Å². The minimum Gasteiger partial charge on any atom is -0.372 e. The normalized spacial score (nSPS) is 15.2. The third-order valence-electron chi connectivity index (χ3n) is 3.11. The fraction of sp³-hybridized carbons (Fsp3) is 0.500. The molecule has 0 radical (unpaired) electrons. The van der Waals surface area contributed by atoms with Crippen molar-refractivity contribution in [2.24, 2.45) is 5.92 Å². The van der Waals surface area contributed by atoms with Crippen LogP contribution in [-0.2, 0) is 0 Å². The fourth-order valence-electron chi connectivity index (χ4n) is 1.84. The van der Waals surface area contributed by atoms with E-state index in [0.717, 1.165) is 6.20 Å². The lowest BCUT2D eigenvalue weighted by atomic mass is 9.85. The quantitative estimate of drug-likeness (QED) is 0.839. The summed E-state index contributed by atoms with van der Waals surface area (Å²) in [5.74, 6) is 0.210. The van der Waals surface area contributed by atoms with Crippen molar-refractivity contribution in [1.82, 2.24) is 10.3 Å². The van der Waals surface area contributed by atoms with Crippen LogP contribution in [0.15, 0.2) is 12.3 Å². The van der Waals surface area contributed by atoms with Crippen LogP contribution in [0.1, 0.15) is 29.6 Å². The number of carbonyl (C=O) groups excluding carboxylic acids is 1. The summed E-state index contributed by atoms with van der Waals surface area (Å²) in [7, 11) is 1.66. The molecule has 1 aliphatic rings. The van der Waals surface area contributed by atoms with Gasteiger partial charge in [0.2, 0.25) is 0 Å². The molecular formula is C12H16FN3O. The smallest absolute Gasteiger partial charge is 0.255 e. The Kier molecular flexibility index (Phi) is 3.56. The molecule has 5 heteroatoms. The molecule has 4 nitrogen and oxygen atoms in total. The second-order valence-corrected chi connectivity index (χ2v) is 4.31. The molecule has 0 saturated heterocycles. The molecule has 0 atom stereocenters. The summed E-state index contributed by atoms with van der Waals surface area (Å²) in [6.07, 6.45) is 4.67. The number of hydrogen-bond acceptors (Lipinski definition) is 3. The van der Waals surface area contributed by atoms with Gasteiger partial charge in [-0.2, -0.15) is 0 Å². The Bertz CT molecular complexity index is 418. The molecule has 0 bridgehead atoms. The van der Waals surface area contributed by atoms with Gasteiger partial charge in [0.25, 0.3) is 5.91 Å². The Morgan fingerprint density at radius 1 is 1.59 bits per heavy atom. The monoisotopic (exact) mass is 237 g/mol. The summed E-state index contributed by atoms with van der Waals surface area (Å²) in [4.78, 5) is 15.7. The van der Waals surface area contributed by atoms with Gasteiger partial charge in [0.1, 0.15) is 11.6 Å². The van der Waals surface area contributed by atoms with E-state index < -0.39 is 5.82 Å². The van der Waals surface area contributed by atoms with Crippen LogP contribution in [0, 0.1) is 11.7 Å². The van der Waals surface area contributed by atoms with Gasteiger partial charge in [-0.3, -0.25) is 4.79 Å². The van der Waals surface area contributed by atoms with Crippen molar-refractivity contribution in [3.05, 3.63) is 23.6 Å². The third kappa shape index (κ3) is 2.72. The van der Waals surface area contributed by atoms with Crippen molar-refractivity contribution in [2.45, 2.75) is 19.3 Å². The first-order chi connectivity index (χ1) is 8.20. The van der Waals surface area contributed by atoms with Gasteiger partial charge in [-0.15, -0.1) is 0 Å². The summed E-state index contributed by atoms with van der Waals surface area (Å²) in [6, 6.07) is 1.20. The molecule has 1 saturated carbocycles. The number of anilines is 1. The summed E-state index contributed by atoms with van der Waals surface area (Å²) in [5.41, 5.74) is 0.256. The Balaban J connectivity index is 2.03. The van der Waals surface area contributed by atoms with Gasteiger partial charge >= 0.3 is 0 Å². The zero-order chi connectivity index (χ0) is 12.3. The van der Waals surface area contributed by atoms with E-state index in [2.05, 4.69) is 15.6 Å². The number of hydrogen-bond donors (Lipinski definition) is 2. The molecular weight excluding hydrogens is 221 g/mol. The molecule has 0 spiro atoms. The van der Waals surface area contributed by atoms with Crippen molar-refractivity contribution in [3.63, 3.8) is 0 Å². The van der Waals surface area contributed by atoms with Crippen LogP contribution in [0.5, 0.6) is 0 Å². The Hall–Kier alpha value is -1.65. The van der Waals surface area contributed by atoms with E-state index in [4.69, 9.17) is 0 Å². The SMILES string of the molecule is CNc1ncc(F)cc1C(=O)NCC1CCC1. The first-order valence-electron chi connectivity index (χ1n) is 5.82. The number of rotatable bonds is 4. The van der Waals surface area contributed by atoms with E-state index in [-0.39, 0.29) is 11.5 Å². The number of aromatic nitrogens is 1. The van der Waals surface area contributed by atoms with E-state index in [1.165, 1.54) is 25.3 Å². The first kappa shape index (κ1) is 11.8. The molecule has 17 heavy (non-hydrogen) atoms. The number of amides is 1. The van der Waals surface area contributed by atoms with Crippen molar-refractivity contribution in [2.75, 3.05) is 18.9 Å². The summed E-state index contributed by atoms with van der Waals surface area (Å²) in [5, 5.41) is 5.60. The Labute approximate surface area is 99.6 Å². The highest BCUT2D eigenvalue weighted by Gasteiger charge is 2.19. The van der Waals surface area contributed by atoms with Crippen molar-refractivity contribution in [1.29, 1.82) is 0 Å². The zero-order valence-corrected chi connectivity index (χ0v) is 9.79. The molecule has 2 N–H and O–H groups in total. The van der Waals surface area contributed by atoms with Gasteiger partial charge in [0.15, 0.2) is 0 Å². The van der Waals surface area contributed by atoms with Crippen LogP contribution in [-0.4, -0.2) is 24.5 Å². The molecule has 0 aromatic carbocycles. The number of halogens is 1. The van der Waals surface area contributed by atoms with Gasteiger partial charge in [0, 0.05) is 13.6 Å². The largest absolute Gasteiger partial charge is 0.372 e. The molecule has 1 fully saturated rings. The van der Waals surface area contributed by atoms with Gasteiger partial charge < -0.3 is 10.6 Å². The van der Waals surface area contributed by atoms with Crippen LogP contribution < -0.4 is 10.6 Å². The van der Waals surface area contributed by atoms with Crippen molar-refractivity contribution < 1.29 is 9.18 Å². The van der Waals surface area contributed by atoms with E-state index in [0.29, 0.717) is 18.3 Å². The highest BCUT2D eigenvalue weighted by atomic mass is 19.1. The van der Waals surface area contributed by atoms with Crippen LogP contribution in [0.4, 0.5) is 10.2 Å². The molecule has 1 amide bonds. The second-order valence-electron chi connectivity index (χ2n) is 4.31. The lowest BCUT2D eigenvalue weighted by molar-refractivity contribution is 0.0939. The summed E-state index contributed by atoms with van der Waals surface area (Å²) < 4.78 is 13.0. The lowest BCUT2D eigenvalue weighted by Crippen LogP contribution is -2.32. The molecule has 0 aliphatic heterocycles. The fourth-order valence-corrected chi connectivity index (χ4v) is 1.84. The molecule has 1 aromatic rings. The van der Waals surface area contributed by atoms with Gasteiger partial charge in [-0.05, 0) is 24.8 Å². The maximum Gasteiger partial charge on any atom is 0.255 e. The molecule has 0 unspecified atom stereocenters. The summed E-state index contributed by atoms with van der Waals surface area (Å²) in [6.45, 7) is 0.665. The maximum absolute atomic E-state index is 13.0. The number of carbonyl (C=O) groups is 1. The van der Waals surface area contributed by atoms with Crippen LogP contribution in [0.3, 0.4) is 0 Å². The van der Waals surface area contributed by atoms with Crippen LogP contribution in [0.2, 0.25) is 0 Å². The van der Waals surface area contributed by atoms with Crippen LogP contribution in [0.25, 0.3) is 0 Å². The van der Waals surface area contributed by atoms with Crippen molar-refractivity contribution in [3.8, 4) is 0 Å². The molecule has 1 heterocycles. The number of nitrogens with zero attached hydrogens (tertiary/aromatic N) is 1. The van der Waals surface area contributed by atoms with E-state index in [1.54, 1.807) is 7.05 Å². The molecule has 92 valence electrons. The van der Waals surface area contributed by atoms with E-state index in [1.807, 2.05) is 0 Å². The average Bonchev–Trinajstić information content (AvgIpc) is 2.26. The second kappa shape index (κ2) is 5.12. The molecule has 1 aliphatic carbocycles. The zero-order valence-electron chi connectivity index (χ0n) is 9.79. The van der Waals surface area contributed by atoms with Gasteiger partial charge in [0.05, 0.1) is 11.8 Å². The highest BCUT2D eigenvalue weighted by Crippen LogP contribution is 2.25. The standard InChI is InChI=1S/C12H16FN3O/c1-14-11-10(5-9(13)7-15-11)12(17)16-6-8-3-2-4-8/h5,7-8H,2-4,6H2,1H3,(H,14,15)(H,16,17). The first-order valence-corrected chi connectivity index (χ1v) is 5.82.